The van der Waals surface area contributed by atoms with E-state index in [2.05, 4.69) is 21.5 Å². The van der Waals surface area contributed by atoms with Gasteiger partial charge in [0.15, 0.2) is 5.82 Å². The average molecular weight is 425 g/mol. The van der Waals surface area contributed by atoms with Gasteiger partial charge in [0.2, 0.25) is 10.0 Å². The van der Waals surface area contributed by atoms with Crippen molar-refractivity contribution in [3.8, 4) is 0 Å². The van der Waals surface area contributed by atoms with Gasteiger partial charge in [0.25, 0.3) is 0 Å². The van der Waals surface area contributed by atoms with Crippen molar-refractivity contribution in [3.05, 3.63) is 54.0 Å². The predicted molar refractivity (Wildman–Crippen MR) is 117 cm³/mol. The van der Waals surface area contributed by atoms with Crippen LogP contribution in [0, 0.1) is 0 Å². The molecule has 0 bridgehead atoms. The number of nitrogen functional groups attached to an aromatic ring is 1. The maximum absolute atomic E-state index is 11.5. The van der Waals surface area contributed by atoms with E-state index in [-0.39, 0.29) is 4.90 Å². The van der Waals surface area contributed by atoms with Gasteiger partial charge in [-0.25, -0.2) is 23.5 Å². The van der Waals surface area contributed by atoms with E-state index in [1.165, 1.54) is 12.1 Å². The highest BCUT2D eigenvalue weighted by molar-refractivity contribution is 7.89. The summed E-state index contributed by atoms with van der Waals surface area (Å²) >= 11 is 0. The van der Waals surface area contributed by atoms with Crippen molar-refractivity contribution in [1.29, 1.82) is 0 Å². The van der Waals surface area contributed by atoms with Gasteiger partial charge in [0, 0.05) is 19.2 Å². The molecule has 8 nitrogen and oxygen atoms in total. The van der Waals surface area contributed by atoms with Crippen LogP contribution in [-0.4, -0.2) is 27.9 Å². The fraction of sp³-hybridized carbons (Fsp3) is 0.286. The number of nitrogens with two attached hydrogens (primary N) is 2. The Labute approximate surface area is 175 Å². The molecule has 156 valence electrons. The summed E-state index contributed by atoms with van der Waals surface area (Å²) in [4.78, 5) is 13.9. The highest BCUT2D eigenvalue weighted by Gasteiger charge is 2.18. The van der Waals surface area contributed by atoms with Crippen LogP contribution < -0.4 is 10.9 Å². The Kier molecular flexibility index (Phi) is 5.40. The Morgan fingerprint density at radius 3 is 2.50 bits per heavy atom. The van der Waals surface area contributed by atoms with E-state index in [1.54, 1.807) is 18.3 Å². The van der Waals surface area contributed by atoms with Crippen molar-refractivity contribution in [2.75, 3.05) is 5.73 Å². The van der Waals surface area contributed by atoms with Crippen LogP contribution in [0.3, 0.4) is 0 Å². The lowest BCUT2D eigenvalue weighted by molar-refractivity contribution is 0.597. The molecule has 3 heterocycles. The van der Waals surface area contributed by atoms with E-state index in [4.69, 9.17) is 15.9 Å². The summed E-state index contributed by atoms with van der Waals surface area (Å²) in [7, 11) is -3.70. The van der Waals surface area contributed by atoms with Crippen LogP contribution >= 0.6 is 0 Å². The molecule has 3 aromatic heterocycles. The number of hydrogen-bond acceptors (Lipinski definition) is 6. The standard InChI is InChI=1S/C21H24N6O2S/c1-2-3-6-17-26-19-20(18-16(25-21(19)22)5-4-12-24-18)27(17)13-11-14-7-9-15(10-8-14)30(23,28)29/h4-5,7-10,12H,2-3,6,11,13H2,1H3,(H2,22,25)(H2,23,28,29). The fourth-order valence-corrected chi connectivity index (χ4v) is 4.14. The fourth-order valence-electron chi connectivity index (χ4n) is 3.62. The molecule has 4 N–H and O–H groups in total. The van der Waals surface area contributed by atoms with Gasteiger partial charge >= 0.3 is 0 Å². The zero-order chi connectivity index (χ0) is 21.3. The molecule has 30 heavy (non-hydrogen) atoms. The zero-order valence-corrected chi connectivity index (χ0v) is 17.6. The third-order valence-electron chi connectivity index (χ3n) is 5.17. The van der Waals surface area contributed by atoms with E-state index in [0.717, 1.165) is 47.2 Å². The highest BCUT2D eigenvalue weighted by Crippen LogP contribution is 2.28. The Morgan fingerprint density at radius 1 is 1.03 bits per heavy atom. The molecular formula is C21H24N6O2S. The van der Waals surface area contributed by atoms with Gasteiger partial charge in [-0.15, -0.1) is 0 Å². The van der Waals surface area contributed by atoms with Crippen LogP contribution in [0.15, 0.2) is 47.5 Å². The van der Waals surface area contributed by atoms with Crippen LogP contribution in [0.4, 0.5) is 5.82 Å². The number of primary sulfonamides is 1. The molecule has 0 radical (unpaired) electrons. The number of benzene rings is 1. The molecule has 0 saturated carbocycles. The van der Waals surface area contributed by atoms with Gasteiger partial charge in [-0.05, 0) is 42.7 Å². The lowest BCUT2D eigenvalue weighted by Gasteiger charge is -2.11. The molecule has 0 aliphatic rings. The molecule has 0 spiro atoms. The number of imidazole rings is 1. The Hall–Kier alpha value is -3.04. The number of hydrogen-bond donors (Lipinski definition) is 2. The number of aromatic nitrogens is 4. The van der Waals surface area contributed by atoms with Gasteiger partial charge in [-0.1, -0.05) is 25.5 Å². The number of pyridine rings is 2. The molecule has 4 rings (SSSR count). The van der Waals surface area contributed by atoms with Crippen LogP contribution in [0.2, 0.25) is 0 Å². The molecule has 0 aliphatic heterocycles. The molecule has 0 saturated heterocycles. The molecular weight excluding hydrogens is 400 g/mol. The van der Waals surface area contributed by atoms with Gasteiger partial charge in [0.05, 0.1) is 10.4 Å². The first-order valence-corrected chi connectivity index (χ1v) is 11.4. The van der Waals surface area contributed by atoms with Gasteiger partial charge < -0.3 is 10.3 Å². The number of unbranched alkanes of at least 4 members (excludes halogenated alkanes) is 1. The van der Waals surface area contributed by atoms with Crippen molar-refractivity contribution in [2.45, 2.75) is 44.0 Å². The third kappa shape index (κ3) is 3.86. The van der Waals surface area contributed by atoms with Crippen LogP contribution in [0.5, 0.6) is 0 Å². The maximum Gasteiger partial charge on any atom is 0.238 e. The monoisotopic (exact) mass is 424 g/mol. The minimum atomic E-state index is -3.70. The number of sulfonamides is 1. The van der Waals surface area contributed by atoms with Crippen molar-refractivity contribution < 1.29 is 8.42 Å². The maximum atomic E-state index is 11.5. The second-order valence-electron chi connectivity index (χ2n) is 7.29. The number of aryl methyl sites for hydroxylation is 3. The summed E-state index contributed by atoms with van der Waals surface area (Å²) in [6.45, 7) is 2.81. The largest absolute Gasteiger partial charge is 0.382 e. The smallest absolute Gasteiger partial charge is 0.238 e. The predicted octanol–water partition coefficient (Wildman–Crippen LogP) is 2.79. The lowest BCUT2D eigenvalue weighted by atomic mass is 10.1. The zero-order valence-electron chi connectivity index (χ0n) is 16.7. The molecule has 9 heteroatoms. The Morgan fingerprint density at radius 2 is 1.80 bits per heavy atom. The summed E-state index contributed by atoms with van der Waals surface area (Å²) in [6.07, 6.45) is 5.36. The average Bonchev–Trinajstić information content (AvgIpc) is 3.10. The quantitative estimate of drug-likeness (QED) is 0.469. The minimum absolute atomic E-state index is 0.108. The van der Waals surface area contributed by atoms with E-state index in [9.17, 15) is 8.42 Å². The van der Waals surface area contributed by atoms with Crippen LogP contribution in [0.1, 0.15) is 31.2 Å². The molecule has 0 fully saturated rings. The second-order valence-corrected chi connectivity index (χ2v) is 8.85. The first-order valence-electron chi connectivity index (χ1n) is 9.89. The summed E-state index contributed by atoms with van der Waals surface area (Å²) in [5.74, 6) is 1.36. The molecule has 1 aromatic carbocycles. The second kappa shape index (κ2) is 8.00. The molecule has 0 atom stereocenters. The van der Waals surface area contributed by atoms with E-state index in [0.29, 0.717) is 24.3 Å². The third-order valence-corrected chi connectivity index (χ3v) is 6.10. The van der Waals surface area contributed by atoms with Crippen LogP contribution in [0.25, 0.3) is 22.1 Å². The first kappa shape index (κ1) is 20.2. The van der Waals surface area contributed by atoms with Crippen LogP contribution in [-0.2, 0) is 29.4 Å². The van der Waals surface area contributed by atoms with Crippen molar-refractivity contribution >= 4 is 37.9 Å². The van der Waals surface area contributed by atoms with Crippen molar-refractivity contribution in [2.24, 2.45) is 5.14 Å². The highest BCUT2D eigenvalue weighted by atomic mass is 32.2. The summed E-state index contributed by atoms with van der Waals surface area (Å²) in [5.41, 5.74) is 10.3. The van der Waals surface area contributed by atoms with Crippen molar-refractivity contribution in [3.63, 3.8) is 0 Å². The lowest BCUT2D eigenvalue weighted by Crippen LogP contribution is -2.12. The molecule has 0 aliphatic carbocycles. The normalized spacial score (nSPS) is 12.1. The number of rotatable bonds is 7. The van der Waals surface area contributed by atoms with Gasteiger partial charge in [-0.2, -0.15) is 0 Å². The Balaban J connectivity index is 1.76. The Bertz CT molecular complexity index is 1310. The number of nitrogens with zero attached hydrogens (tertiary/aromatic N) is 4. The number of anilines is 1. The van der Waals surface area contributed by atoms with Gasteiger partial charge in [0.1, 0.15) is 22.4 Å². The molecule has 0 amide bonds. The van der Waals surface area contributed by atoms with E-state index < -0.39 is 10.0 Å². The van der Waals surface area contributed by atoms with Crippen molar-refractivity contribution in [1.82, 2.24) is 19.5 Å². The van der Waals surface area contributed by atoms with E-state index >= 15 is 0 Å². The SMILES string of the molecule is CCCCc1nc2c(N)nc3cccnc3c2n1CCc1ccc(S(N)(=O)=O)cc1. The molecule has 0 unspecified atom stereocenters. The van der Waals surface area contributed by atoms with Gasteiger partial charge in [-0.3, -0.25) is 4.98 Å². The first-order chi connectivity index (χ1) is 14.4. The summed E-state index contributed by atoms with van der Waals surface area (Å²) < 4.78 is 25.1. The molecule has 4 aromatic rings. The topological polar surface area (TPSA) is 130 Å². The summed E-state index contributed by atoms with van der Waals surface area (Å²) in [6, 6.07) is 10.4. The van der Waals surface area contributed by atoms with E-state index in [1.807, 2.05) is 12.1 Å². The summed E-state index contributed by atoms with van der Waals surface area (Å²) in [5, 5.41) is 5.19. The minimum Gasteiger partial charge on any atom is -0.382 e. The number of fused-ring (bicyclic) bond motifs is 3.